The van der Waals surface area contributed by atoms with Crippen LogP contribution < -0.4 is 0 Å². The molecule has 0 spiro atoms. The summed E-state index contributed by atoms with van der Waals surface area (Å²) in [6.45, 7) is 4.88. The van der Waals surface area contributed by atoms with E-state index in [0.29, 0.717) is 12.3 Å². The average Bonchev–Trinajstić information content (AvgIpc) is 2.63. The number of epoxide rings is 1. The molecule has 56 valence electrons. The van der Waals surface area contributed by atoms with Gasteiger partial charge in [-0.3, -0.25) is 0 Å². The summed E-state index contributed by atoms with van der Waals surface area (Å²) in [6, 6.07) is 0. The van der Waals surface area contributed by atoms with Crippen LogP contribution in [0.2, 0.25) is 0 Å². The van der Waals surface area contributed by atoms with Crippen LogP contribution in [-0.4, -0.2) is 23.8 Å². The monoisotopic (exact) mass is 139 g/mol. The molecule has 0 radical (unpaired) electrons. The first-order chi connectivity index (χ1) is 4.92. The van der Waals surface area contributed by atoms with E-state index in [0.717, 1.165) is 6.54 Å². The highest BCUT2D eigenvalue weighted by atomic mass is 16.6. The van der Waals surface area contributed by atoms with Crippen molar-refractivity contribution < 1.29 is 4.74 Å². The summed E-state index contributed by atoms with van der Waals surface area (Å²) in [5, 5.41) is 0. The van der Waals surface area contributed by atoms with Gasteiger partial charge in [0, 0.05) is 6.54 Å². The van der Waals surface area contributed by atoms with Crippen LogP contribution in [0.15, 0.2) is 12.8 Å². The van der Waals surface area contributed by atoms with Gasteiger partial charge in [-0.15, -0.1) is 0 Å². The van der Waals surface area contributed by atoms with Crippen LogP contribution in [0.5, 0.6) is 0 Å². The van der Waals surface area contributed by atoms with E-state index in [1.54, 1.807) is 0 Å². The lowest BCUT2D eigenvalue weighted by molar-refractivity contribution is 0.223. The number of hydrogen-bond donors (Lipinski definition) is 0. The quantitative estimate of drug-likeness (QED) is 0.509. The molecule has 0 N–H and O–H groups in total. The molecular formula is C8H13NO. The highest BCUT2D eigenvalue weighted by molar-refractivity contribution is 4.91. The largest absolute Gasteiger partial charge is 0.351 e. The maximum absolute atomic E-state index is 5.42. The molecule has 2 atom stereocenters. The van der Waals surface area contributed by atoms with Crippen molar-refractivity contribution in [2.45, 2.75) is 31.6 Å². The first kappa shape index (κ1) is 6.23. The third kappa shape index (κ3) is 0.926. The number of rotatable bonds is 1. The first-order valence-corrected chi connectivity index (χ1v) is 3.95. The lowest BCUT2D eigenvalue weighted by Gasteiger charge is -2.14. The lowest BCUT2D eigenvalue weighted by atomic mass is 10.2. The fraction of sp³-hybridized carbons (Fsp3) is 0.750. The Kier molecular flexibility index (Phi) is 1.42. The molecule has 2 unspecified atom stereocenters. The molecule has 0 aromatic carbocycles. The van der Waals surface area contributed by atoms with Crippen LogP contribution in [0.1, 0.15) is 19.3 Å². The van der Waals surface area contributed by atoms with E-state index >= 15 is 0 Å². The Hall–Kier alpha value is -0.500. The normalized spacial score (nSPS) is 38.2. The minimum Gasteiger partial charge on any atom is -0.351 e. The van der Waals surface area contributed by atoms with E-state index in [9.17, 15) is 0 Å². The van der Waals surface area contributed by atoms with Crippen LogP contribution in [-0.2, 0) is 4.74 Å². The molecule has 2 heterocycles. The summed E-state index contributed by atoms with van der Waals surface area (Å²) >= 11 is 0. The molecule has 0 aromatic heterocycles. The van der Waals surface area contributed by atoms with Crippen LogP contribution in [0.25, 0.3) is 0 Å². The van der Waals surface area contributed by atoms with E-state index < -0.39 is 0 Å². The van der Waals surface area contributed by atoms with Crippen molar-refractivity contribution in [3.05, 3.63) is 12.8 Å². The van der Waals surface area contributed by atoms with Gasteiger partial charge in [-0.2, -0.15) is 0 Å². The zero-order chi connectivity index (χ0) is 6.97. The van der Waals surface area contributed by atoms with Gasteiger partial charge in [-0.1, -0.05) is 6.58 Å². The Bertz CT molecular complexity index is 146. The van der Waals surface area contributed by atoms with Crippen LogP contribution in [0.4, 0.5) is 0 Å². The second-order valence-corrected chi connectivity index (χ2v) is 2.98. The van der Waals surface area contributed by atoms with Crippen molar-refractivity contribution in [2.75, 3.05) is 6.54 Å². The summed E-state index contributed by atoms with van der Waals surface area (Å²) in [6.07, 6.45) is 6.67. The van der Waals surface area contributed by atoms with Gasteiger partial charge in [0.2, 0.25) is 0 Å². The van der Waals surface area contributed by atoms with E-state index in [1.807, 2.05) is 6.20 Å². The third-order valence-corrected chi connectivity index (χ3v) is 2.27. The van der Waals surface area contributed by atoms with Gasteiger partial charge < -0.3 is 9.64 Å². The SMILES string of the molecule is C=CN1CCCCC2OC21. The first-order valence-electron chi connectivity index (χ1n) is 3.95. The maximum Gasteiger partial charge on any atom is 0.156 e. The van der Waals surface area contributed by atoms with Crippen molar-refractivity contribution in [1.82, 2.24) is 4.90 Å². The van der Waals surface area contributed by atoms with Crippen molar-refractivity contribution in [3.63, 3.8) is 0 Å². The molecule has 2 nitrogen and oxygen atoms in total. The van der Waals surface area contributed by atoms with Crippen LogP contribution in [0.3, 0.4) is 0 Å². The van der Waals surface area contributed by atoms with Gasteiger partial charge in [0.15, 0.2) is 6.23 Å². The predicted molar refractivity (Wildman–Crippen MR) is 39.4 cm³/mol. The molecule has 2 aliphatic heterocycles. The molecule has 2 heteroatoms. The molecular weight excluding hydrogens is 126 g/mol. The number of hydrogen-bond acceptors (Lipinski definition) is 2. The minimum absolute atomic E-state index is 0.389. The molecule has 0 saturated carbocycles. The number of nitrogens with zero attached hydrogens (tertiary/aromatic N) is 1. The highest BCUT2D eigenvalue weighted by Gasteiger charge is 2.43. The van der Waals surface area contributed by atoms with Crippen molar-refractivity contribution >= 4 is 0 Å². The van der Waals surface area contributed by atoms with Crippen LogP contribution >= 0.6 is 0 Å². The zero-order valence-corrected chi connectivity index (χ0v) is 6.12. The summed E-state index contributed by atoms with van der Waals surface area (Å²) in [5.41, 5.74) is 0. The zero-order valence-electron chi connectivity index (χ0n) is 6.12. The van der Waals surface area contributed by atoms with Crippen LogP contribution in [0, 0.1) is 0 Å². The number of likely N-dealkylation sites (tertiary alicyclic amines) is 1. The van der Waals surface area contributed by atoms with Gasteiger partial charge in [-0.25, -0.2) is 0 Å². The molecule has 2 saturated heterocycles. The predicted octanol–water partition coefficient (Wildman–Crippen LogP) is 1.34. The van der Waals surface area contributed by atoms with Crippen molar-refractivity contribution in [1.29, 1.82) is 0 Å². The number of fused-ring (bicyclic) bond motifs is 1. The summed E-state index contributed by atoms with van der Waals surface area (Å²) < 4.78 is 5.42. The number of ether oxygens (including phenoxy) is 1. The molecule has 0 aliphatic carbocycles. The maximum atomic E-state index is 5.42. The molecule has 2 aliphatic rings. The Balaban J connectivity index is 1.99. The third-order valence-electron chi connectivity index (χ3n) is 2.27. The van der Waals surface area contributed by atoms with Gasteiger partial charge in [0.1, 0.15) is 6.10 Å². The Morgan fingerprint density at radius 1 is 1.50 bits per heavy atom. The summed E-state index contributed by atoms with van der Waals surface area (Å²) in [5.74, 6) is 0. The molecule has 0 bridgehead atoms. The highest BCUT2D eigenvalue weighted by Crippen LogP contribution is 2.33. The van der Waals surface area contributed by atoms with Gasteiger partial charge in [0.25, 0.3) is 0 Å². The van der Waals surface area contributed by atoms with E-state index in [2.05, 4.69) is 11.5 Å². The van der Waals surface area contributed by atoms with E-state index in [1.165, 1.54) is 19.3 Å². The average molecular weight is 139 g/mol. The Labute approximate surface area is 61.5 Å². The molecule has 2 rings (SSSR count). The van der Waals surface area contributed by atoms with Gasteiger partial charge >= 0.3 is 0 Å². The summed E-state index contributed by atoms with van der Waals surface area (Å²) in [7, 11) is 0. The van der Waals surface area contributed by atoms with E-state index in [4.69, 9.17) is 4.74 Å². The smallest absolute Gasteiger partial charge is 0.156 e. The standard InChI is InChI=1S/C8H13NO/c1-2-9-6-4-3-5-7-8(9)10-7/h2,7-8H,1,3-6H2. The fourth-order valence-corrected chi connectivity index (χ4v) is 1.60. The molecule has 0 amide bonds. The fourth-order valence-electron chi connectivity index (χ4n) is 1.60. The van der Waals surface area contributed by atoms with E-state index in [-0.39, 0.29) is 0 Å². The minimum atomic E-state index is 0.389. The van der Waals surface area contributed by atoms with Gasteiger partial charge in [-0.05, 0) is 25.5 Å². The molecule has 0 aromatic rings. The molecule has 2 fully saturated rings. The second-order valence-electron chi connectivity index (χ2n) is 2.98. The summed E-state index contributed by atoms with van der Waals surface area (Å²) in [4.78, 5) is 2.21. The topological polar surface area (TPSA) is 15.8 Å². The van der Waals surface area contributed by atoms with Crippen molar-refractivity contribution in [3.8, 4) is 0 Å². The Morgan fingerprint density at radius 3 is 3.20 bits per heavy atom. The van der Waals surface area contributed by atoms with Gasteiger partial charge in [0.05, 0.1) is 0 Å². The van der Waals surface area contributed by atoms with Crippen molar-refractivity contribution in [2.24, 2.45) is 0 Å². The Morgan fingerprint density at radius 2 is 2.40 bits per heavy atom. The lowest BCUT2D eigenvalue weighted by Crippen LogP contribution is -2.21. The molecule has 10 heavy (non-hydrogen) atoms. The second kappa shape index (κ2) is 2.27.